The molecule has 4 rings (SSSR count). The van der Waals surface area contributed by atoms with Gasteiger partial charge >= 0.3 is 0 Å². The number of fused-ring (bicyclic) bond motifs is 1. The Morgan fingerprint density at radius 3 is 2.93 bits per heavy atom. The van der Waals surface area contributed by atoms with Crippen molar-refractivity contribution in [2.75, 3.05) is 14.2 Å². The Labute approximate surface area is 171 Å². The van der Waals surface area contributed by atoms with E-state index in [1.807, 2.05) is 24.3 Å². The average Bonchev–Trinajstić information content (AvgIpc) is 3.44. The van der Waals surface area contributed by atoms with Crippen LogP contribution in [0.4, 0.5) is 0 Å². The fourth-order valence-corrected chi connectivity index (χ4v) is 3.67. The van der Waals surface area contributed by atoms with Gasteiger partial charge in [-0.3, -0.25) is 14.9 Å². The molecule has 9 heteroatoms. The van der Waals surface area contributed by atoms with Crippen LogP contribution in [0.3, 0.4) is 0 Å². The lowest BCUT2D eigenvalue weighted by molar-refractivity contribution is 0.0752. The molecule has 0 unspecified atom stereocenters. The number of furan rings is 1. The van der Waals surface area contributed by atoms with Crippen LogP contribution < -0.4 is 4.74 Å². The largest absolute Gasteiger partial charge is 0.494 e. The summed E-state index contributed by atoms with van der Waals surface area (Å²) in [6.45, 7) is 0.424. The molecule has 8 nitrogen and oxygen atoms in total. The van der Waals surface area contributed by atoms with E-state index in [2.05, 4.69) is 20.2 Å². The number of carbonyl (C=O) groups excluding carboxylic acids is 1. The molecule has 0 aliphatic rings. The first-order valence-corrected chi connectivity index (χ1v) is 9.87. The Kier molecular flexibility index (Phi) is 5.48. The quantitative estimate of drug-likeness (QED) is 0.466. The molecule has 1 aromatic carbocycles. The van der Waals surface area contributed by atoms with Gasteiger partial charge in [-0.15, -0.1) is 0 Å². The number of rotatable bonds is 7. The zero-order valence-corrected chi connectivity index (χ0v) is 16.8. The van der Waals surface area contributed by atoms with Crippen LogP contribution in [0.15, 0.2) is 58.5 Å². The maximum Gasteiger partial charge on any atom is 0.289 e. The van der Waals surface area contributed by atoms with Crippen molar-refractivity contribution < 1.29 is 13.9 Å². The van der Waals surface area contributed by atoms with Crippen LogP contribution >= 0.6 is 11.8 Å². The first-order chi connectivity index (χ1) is 14.2. The van der Waals surface area contributed by atoms with Gasteiger partial charge in [0.05, 0.1) is 12.9 Å². The Hall–Kier alpha value is -3.33. The first-order valence-electron chi connectivity index (χ1n) is 8.88. The van der Waals surface area contributed by atoms with Crippen LogP contribution in [0.25, 0.3) is 10.9 Å². The average molecular weight is 409 g/mol. The van der Waals surface area contributed by atoms with Gasteiger partial charge in [-0.2, -0.15) is 5.10 Å². The lowest BCUT2D eigenvalue weighted by Crippen LogP contribution is -2.25. The Balaban J connectivity index is 1.47. The molecule has 0 saturated carbocycles. The number of amides is 1. The molecule has 0 spiro atoms. The second-order valence-electron chi connectivity index (χ2n) is 6.33. The number of ether oxygens (including phenoxy) is 1. The Bertz CT molecular complexity index is 1130. The minimum Gasteiger partial charge on any atom is -0.494 e. The molecule has 29 heavy (non-hydrogen) atoms. The van der Waals surface area contributed by atoms with Gasteiger partial charge in [0.15, 0.2) is 10.9 Å². The predicted molar refractivity (Wildman–Crippen MR) is 109 cm³/mol. The van der Waals surface area contributed by atoms with Gasteiger partial charge in [-0.05, 0) is 29.8 Å². The number of hydrogen-bond donors (Lipinski definition) is 1. The number of aromatic amines is 1. The zero-order chi connectivity index (χ0) is 20.2. The molecule has 0 aliphatic carbocycles. The van der Waals surface area contributed by atoms with Crippen molar-refractivity contribution in [3.63, 3.8) is 0 Å². The highest BCUT2D eigenvalue weighted by Gasteiger charge is 2.18. The van der Waals surface area contributed by atoms with E-state index < -0.39 is 0 Å². The van der Waals surface area contributed by atoms with Gasteiger partial charge in [0.2, 0.25) is 0 Å². The minimum absolute atomic E-state index is 0.186. The van der Waals surface area contributed by atoms with Gasteiger partial charge < -0.3 is 14.1 Å². The van der Waals surface area contributed by atoms with Crippen molar-refractivity contribution in [1.29, 1.82) is 0 Å². The summed E-state index contributed by atoms with van der Waals surface area (Å²) in [5.74, 6) is 2.08. The lowest BCUT2D eigenvalue weighted by Gasteiger charge is -2.18. The summed E-state index contributed by atoms with van der Waals surface area (Å²) in [6.07, 6.45) is 3.18. The third kappa shape index (κ3) is 4.09. The number of thioether (sulfide) groups is 1. The first kappa shape index (κ1) is 19.0. The summed E-state index contributed by atoms with van der Waals surface area (Å²) in [6, 6.07) is 11.2. The third-order valence-electron chi connectivity index (χ3n) is 4.41. The second-order valence-corrected chi connectivity index (χ2v) is 7.30. The zero-order valence-electron chi connectivity index (χ0n) is 16.0. The number of aromatic nitrogens is 4. The second kappa shape index (κ2) is 8.36. The van der Waals surface area contributed by atoms with E-state index in [4.69, 9.17) is 9.15 Å². The summed E-state index contributed by atoms with van der Waals surface area (Å²) in [5.41, 5.74) is 1.76. The van der Waals surface area contributed by atoms with Gasteiger partial charge in [0, 0.05) is 25.2 Å². The Morgan fingerprint density at radius 2 is 2.14 bits per heavy atom. The monoisotopic (exact) mass is 409 g/mol. The SMILES string of the molecule is COc1ccc(CN(C)C(=O)c2ccc(CSc3ncn[nH]3)o2)c2cccnc12. The van der Waals surface area contributed by atoms with Crippen molar-refractivity contribution in [1.82, 2.24) is 25.1 Å². The molecular weight excluding hydrogens is 390 g/mol. The minimum atomic E-state index is -0.186. The molecular formula is C20H19N5O3S. The highest BCUT2D eigenvalue weighted by molar-refractivity contribution is 7.98. The number of carbonyl (C=O) groups is 1. The third-order valence-corrected chi connectivity index (χ3v) is 5.31. The van der Waals surface area contributed by atoms with E-state index in [1.54, 1.807) is 37.4 Å². The maximum atomic E-state index is 12.8. The molecule has 0 radical (unpaired) electrons. The lowest BCUT2D eigenvalue weighted by atomic mass is 10.1. The van der Waals surface area contributed by atoms with E-state index in [0.29, 0.717) is 34.7 Å². The number of nitrogens with one attached hydrogen (secondary N) is 1. The van der Waals surface area contributed by atoms with E-state index in [-0.39, 0.29) is 5.91 Å². The highest BCUT2D eigenvalue weighted by Crippen LogP contribution is 2.27. The number of pyridine rings is 1. The van der Waals surface area contributed by atoms with Crippen molar-refractivity contribution in [3.05, 3.63) is 66.0 Å². The van der Waals surface area contributed by atoms with Crippen LogP contribution in [0.2, 0.25) is 0 Å². The van der Waals surface area contributed by atoms with Crippen molar-refractivity contribution in [2.45, 2.75) is 17.5 Å². The molecule has 0 atom stereocenters. The normalized spacial score (nSPS) is 11.0. The van der Waals surface area contributed by atoms with Crippen LogP contribution in [-0.2, 0) is 12.3 Å². The summed E-state index contributed by atoms with van der Waals surface area (Å²) < 4.78 is 11.1. The number of methoxy groups -OCH3 is 1. The topological polar surface area (TPSA) is 97.1 Å². The summed E-state index contributed by atoms with van der Waals surface area (Å²) in [7, 11) is 3.37. The molecule has 1 amide bonds. The predicted octanol–water partition coefficient (Wildman–Crippen LogP) is 3.52. The maximum absolute atomic E-state index is 12.8. The fourth-order valence-electron chi connectivity index (χ4n) is 3.00. The van der Waals surface area contributed by atoms with E-state index in [1.165, 1.54) is 18.1 Å². The number of H-pyrrole nitrogens is 1. The van der Waals surface area contributed by atoms with Gasteiger partial charge in [0.1, 0.15) is 23.4 Å². The van der Waals surface area contributed by atoms with Crippen LogP contribution in [-0.4, -0.2) is 45.1 Å². The summed E-state index contributed by atoms with van der Waals surface area (Å²) >= 11 is 1.45. The highest BCUT2D eigenvalue weighted by atomic mass is 32.2. The molecule has 3 heterocycles. The van der Waals surface area contributed by atoms with Gasteiger partial charge in [0.25, 0.3) is 5.91 Å². The smallest absolute Gasteiger partial charge is 0.289 e. The molecule has 1 N–H and O–H groups in total. The standard InChI is InChI=1S/C20H19N5O3S/c1-25(10-13-5-7-16(27-2)18-15(13)4-3-9-21-18)19(26)17-8-6-14(28-17)11-29-20-22-12-23-24-20/h3-9,12H,10-11H2,1-2H3,(H,22,23,24). The summed E-state index contributed by atoms with van der Waals surface area (Å²) in [4.78, 5) is 22.9. The number of hydrogen-bond acceptors (Lipinski definition) is 7. The molecule has 0 fully saturated rings. The van der Waals surface area contributed by atoms with Crippen LogP contribution in [0, 0.1) is 0 Å². The number of benzene rings is 1. The molecule has 4 aromatic rings. The Morgan fingerprint density at radius 1 is 1.24 bits per heavy atom. The van der Waals surface area contributed by atoms with Gasteiger partial charge in [-0.25, -0.2) is 4.98 Å². The van der Waals surface area contributed by atoms with Crippen LogP contribution in [0.5, 0.6) is 5.75 Å². The van der Waals surface area contributed by atoms with E-state index in [9.17, 15) is 4.79 Å². The van der Waals surface area contributed by atoms with Crippen molar-refractivity contribution >= 4 is 28.6 Å². The van der Waals surface area contributed by atoms with E-state index >= 15 is 0 Å². The van der Waals surface area contributed by atoms with Crippen molar-refractivity contribution in [2.24, 2.45) is 0 Å². The van der Waals surface area contributed by atoms with Gasteiger partial charge in [-0.1, -0.05) is 23.9 Å². The van der Waals surface area contributed by atoms with Crippen molar-refractivity contribution in [3.8, 4) is 5.75 Å². The molecule has 0 aliphatic heterocycles. The molecule has 148 valence electrons. The summed E-state index contributed by atoms with van der Waals surface area (Å²) in [5, 5.41) is 8.23. The van der Waals surface area contributed by atoms with Crippen LogP contribution in [0.1, 0.15) is 21.9 Å². The molecule has 0 saturated heterocycles. The number of nitrogens with zero attached hydrogens (tertiary/aromatic N) is 4. The molecule has 3 aromatic heterocycles. The van der Waals surface area contributed by atoms with E-state index in [0.717, 1.165) is 16.5 Å². The fraction of sp³-hybridized carbons (Fsp3) is 0.200. The molecule has 0 bridgehead atoms.